The highest BCUT2D eigenvalue weighted by Crippen LogP contribution is 2.41. The summed E-state index contributed by atoms with van der Waals surface area (Å²) in [6.07, 6.45) is 5.43. The van der Waals surface area contributed by atoms with Crippen molar-refractivity contribution in [3.8, 4) is 0 Å². The zero-order valence-electron chi connectivity index (χ0n) is 15.5. The van der Waals surface area contributed by atoms with E-state index in [1.165, 1.54) is 6.33 Å². The van der Waals surface area contributed by atoms with Crippen LogP contribution in [0.5, 0.6) is 0 Å². The Labute approximate surface area is 156 Å². The molecule has 0 atom stereocenters. The topological polar surface area (TPSA) is 118 Å². The first-order valence-corrected chi connectivity index (χ1v) is 9.41. The minimum atomic E-state index is -0.459. The van der Waals surface area contributed by atoms with Crippen molar-refractivity contribution in [2.24, 2.45) is 11.1 Å². The highest BCUT2D eigenvalue weighted by molar-refractivity contribution is 5.84. The van der Waals surface area contributed by atoms with Gasteiger partial charge in [-0.3, -0.25) is 9.59 Å². The van der Waals surface area contributed by atoms with Crippen LogP contribution in [0.2, 0.25) is 0 Å². The van der Waals surface area contributed by atoms with Crippen molar-refractivity contribution in [1.82, 2.24) is 19.9 Å². The second-order valence-corrected chi connectivity index (χ2v) is 7.52. The Morgan fingerprint density at radius 2 is 2.07 bits per heavy atom. The molecule has 9 heteroatoms. The summed E-state index contributed by atoms with van der Waals surface area (Å²) in [6, 6.07) is 0. The normalized spacial score (nSPS) is 19.8. The number of hydrogen-bond donors (Lipinski definition) is 1. The van der Waals surface area contributed by atoms with E-state index in [0.29, 0.717) is 36.5 Å². The average molecular weight is 372 g/mol. The van der Waals surface area contributed by atoms with Gasteiger partial charge in [0, 0.05) is 32.5 Å². The fraction of sp³-hybridized carbons (Fsp3) is 0.611. The number of hydrogen-bond acceptors (Lipinski definition) is 7. The molecule has 0 radical (unpaired) electrons. The standard InChI is InChI=1S/C18H24N6O3/c1-2-13-22-15-16(20-11-21-17(15)27-13)23-7-5-18(6-8-23)4-3-14(26)24(10-18)9-12(19)25/h11H,2-10H2,1H3,(H2,19,25). The third kappa shape index (κ3) is 3.33. The molecule has 27 heavy (non-hydrogen) atoms. The second-order valence-electron chi connectivity index (χ2n) is 7.52. The van der Waals surface area contributed by atoms with Gasteiger partial charge in [0.25, 0.3) is 5.71 Å². The minimum absolute atomic E-state index is 0.00949. The van der Waals surface area contributed by atoms with Gasteiger partial charge in [-0.2, -0.15) is 4.98 Å². The van der Waals surface area contributed by atoms with Gasteiger partial charge in [0.15, 0.2) is 17.2 Å². The van der Waals surface area contributed by atoms with E-state index in [-0.39, 0.29) is 17.9 Å². The fourth-order valence-electron chi connectivity index (χ4n) is 4.20. The SMILES string of the molecule is CCc1nc2c(N3CCC4(CCC(=O)N(CC(N)=O)C4)CC3)ncnc2o1. The largest absolute Gasteiger partial charge is 0.422 e. The maximum absolute atomic E-state index is 12.1. The predicted octanol–water partition coefficient (Wildman–Crippen LogP) is 0.875. The molecule has 2 aliphatic heterocycles. The quantitative estimate of drug-likeness (QED) is 0.846. The summed E-state index contributed by atoms with van der Waals surface area (Å²) in [6.45, 7) is 4.24. The van der Waals surface area contributed by atoms with E-state index >= 15 is 0 Å². The van der Waals surface area contributed by atoms with Gasteiger partial charge in [-0.1, -0.05) is 6.92 Å². The van der Waals surface area contributed by atoms with Crippen molar-refractivity contribution in [2.75, 3.05) is 31.1 Å². The summed E-state index contributed by atoms with van der Waals surface area (Å²) >= 11 is 0. The molecule has 2 saturated heterocycles. The molecule has 2 N–H and O–H groups in total. The molecule has 9 nitrogen and oxygen atoms in total. The van der Waals surface area contributed by atoms with Gasteiger partial charge >= 0.3 is 0 Å². The summed E-state index contributed by atoms with van der Waals surface area (Å²) < 4.78 is 5.64. The Morgan fingerprint density at radius 3 is 2.78 bits per heavy atom. The number of primary amides is 1. The number of likely N-dealkylation sites (tertiary alicyclic amines) is 1. The Balaban J connectivity index is 1.50. The number of nitrogens with zero attached hydrogens (tertiary/aromatic N) is 5. The first kappa shape index (κ1) is 17.7. The van der Waals surface area contributed by atoms with Crippen molar-refractivity contribution >= 4 is 28.9 Å². The number of aryl methyl sites for hydroxylation is 1. The molecule has 0 unspecified atom stereocenters. The number of fused-ring (bicyclic) bond motifs is 1. The summed E-state index contributed by atoms with van der Waals surface area (Å²) in [5.41, 5.74) is 6.57. The number of oxazole rings is 1. The van der Waals surface area contributed by atoms with Gasteiger partial charge in [-0.05, 0) is 24.7 Å². The van der Waals surface area contributed by atoms with Crippen LogP contribution in [-0.4, -0.2) is 57.8 Å². The lowest BCUT2D eigenvalue weighted by atomic mass is 9.72. The summed E-state index contributed by atoms with van der Waals surface area (Å²) in [5, 5.41) is 0. The molecule has 2 fully saturated rings. The molecule has 0 bridgehead atoms. The Kier molecular flexibility index (Phi) is 4.45. The fourth-order valence-corrected chi connectivity index (χ4v) is 4.20. The van der Waals surface area contributed by atoms with Crippen LogP contribution in [0.1, 0.15) is 38.5 Å². The average Bonchev–Trinajstić information content (AvgIpc) is 3.09. The summed E-state index contributed by atoms with van der Waals surface area (Å²) in [4.78, 5) is 40.3. The second kappa shape index (κ2) is 6.79. The third-order valence-electron chi connectivity index (χ3n) is 5.74. The molecule has 0 aromatic carbocycles. The van der Waals surface area contributed by atoms with Crippen molar-refractivity contribution in [3.63, 3.8) is 0 Å². The van der Waals surface area contributed by atoms with Crippen molar-refractivity contribution < 1.29 is 14.0 Å². The van der Waals surface area contributed by atoms with Gasteiger partial charge in [-0.25, -0.2) is 9.97 Å². The van der Waals surface area contributed by atoms with E-state index in [4.69, 9.17) is 10.2 Å². The molecule has 2 aromatic heterocycles. The molecule has 4 rings (SSSR count). The van der Waals surface area contributed by atoms with Crippen molar-refractivity contribution in [2.45, 2.75) is 39.0 Å². The molecular formula is C18H24N6O3. The van der Waals surface area contributed by atoms with Crippen LogP contribution in [0.25, 0.3) is 11.2 Å². The van der Waals surface area contributed by atoms with Crippen LogP contribution in [0.4, 0.5) is 5.82 Å². The van der Waals surface area contributed by atoms with Crippen molar-refractivity contribution in [1.29, 1.82) is 0 Å². The van der Waals surface area contributed by atoms with E-state index in [1.54, 1.807) is 4.90 Å². The van der Waals surface area contributed by atoms with Gasteiger partial charge in [-0.15, -0.1) is 0 Å². The maximum Gasteiger partial charge on any atom is 0.252 e. The molecule has 0 aliphatic carbocycles. The zero-order valence-corrected chi connectivity index (χ0v) is 15.5. The Bertz CT molecular complexity index is 871. The van der Waals surface area contributed by atoms with Crippen LogP contribution >= 0.6 is 0 Å². The first-order valence-electron chi connectivity index (χ1n) is 9.41. The molecule has 2 aliphatic rings. The van der Waals surface area contributed by atoms with E-state index in [1.807, 2.05) is 6.92 Å². The Hall–Kier alpha value is -2.71. The van der Waals surface area contributed by atoms with Crippen molar-refractivity contribution in [3.05, 3.63) is 12.2 Å². The summed E-state index contributed by atoms with van der Waals surface area (Å²) in [7, 11) is 0. The van der Waals surface area contributed by atoms with Gasteiger partial charge < -0.3 is 20.0 Å². The van der Waals surface area contributed by atoms with Gasteiger partial charge in [0.05, 0.1) is 6.54 Å². The number of carbonyl (C=O) groups is 2. The van der Waals surface area contributed by atoms with E-state index in [9.17, 15) is 9.59 Å². The third-order valence-corrected chi connectivity index (χ3v) is 5.74. The molecule has 0 saturated carbocycles. The number of piperidine rings is 2. The van der Waals surface area contributed by atoms with Gasteiger partial charge in [0.1, 0.15) is 6.33 Å². The highest BCUT2D eigenvalue weighted by Gasteiger charge is 2.41. The zero-order chi connectivity index (χ0) is 19.0. The first-order chi connectivity index (χ1) is 13.0. The van der Waals surface area contributed by atoms with E-state index < -0.39 is 5.91 Å². The van der Waals surface area contributed by atoms with Crippen LogP contribution in [0.3, 0.4) is 0 Å². The maximum atomic E-state index is 12.1. The number of carbonyl (C=O) groups excluding carboxylic acids is 2. The predicted molar refractivity (Wildman–Crippen MR) is 97.9 cm³/mol. The minimum Gasteiger partial charge on any atom is -0.422 e. The van der Waals surface area contributed by atoms with Crippen LogP contribution < -0.4 is 10.6 Å². The molecule has 1 spiro atoms. The Morgan fingerprint density at radius 1 is 1.30 bits per heavy atom. The number of amides is 2. The smallest absolute Gasteiger partial charge is 0.252 e. The van der Waals surface area contributed by atoms with Gasteiger partial charge in [0.2, 0.25) is 11.8 Å². The lowest BCUT2D eigenvalue weighted by Crippen LogP contribution is -2.53. The lowest BCUT2D eigenvalue weighted by molar-refractivity contribution is -0.141. The number of aromatic nitrogens is 3. The van der Waals surface area contributed by atoms with Crippen LogP contribution in [0.15, 0.2) is 10.7 Å². The van der Waals surface area contributed by atoms with E-state index in [2.05, 4.69) is 19.9 Å². The lowest BCUT2D eigenvalue weighted by Gasteiger charge is -2.47. The monoisotopic (exact) mass is 372 g/mol. The number of rotatable bonds is 4. The highest BCUT2D eigenvalue weighted by atomic mass is 16.4. The summed E-state index contributed by atoms with van der Waals surface area (Å²) in [5.74, 6) is 1.03. The number of anilines is 1. The molecule has 144 valence electrons. The van der Waals surface area contributed by atoms with Crippen LogP contribution in [0, 0.1) is 5.41 Å². The number of nitrogens with two attached hydrogens (primary N) is 1. The molecule has 4 heterocycles. The molecule has 2 amide bonds. The van der Waals surface area contributed by atoms with Crippen LogP contribution in [-0.2, 0) is 16.0 Å². The van der Waals surface area contributed by atoms with E-state index in [0.717, 1.165) is 38.2 Å². The molecular weight excluding hydrogens is 348 g/mol. The molecule has 2 aromatic rings.